The molecule has 5 nitrogen and oxygen atoms in total. The first-order valence-electron chi connectivity index (χ1n) is 5.22. The van der Waals surface area contributed by atoms with Crippen molar-refractivity contribution in [2.75, 3.05) is 19.8 Å². The standard InChI is InChI=1S/C10H17NO4/c1-2-4-11(7-12)9(10(13)14)8-3-5-15-6-8/h7-9H,2-6H2,1H3,(H,13,14). The molecule has 0 aromatic rings. The van der Waals surface area contributed by atoms with Crippen molar-refractivity contribution < 1.29 is 19.4 Å². The van der Waals surface area contributed by atoms with Crippen LogP contribution in [0.15, 0.2) is 0 Å². The highest BCUT2D eigenvalue weighted by atomic mass is 16.5. The van der Waals surface area contributed by atoms with E-state index in [9.17, 15) is 9.59 Å². The summed E-state index contributed by atoms with van der Waals surface area (Å²) in [5.41, 5.74) is 0. The molecule has 2 unspecified atom stereocenters. The summed E-state index contributed by atoms with van der Waals surface area (Å²) in [7, 11) is 0. The van der Waals surface area contributed by atoms with E-state index in [1.807, 2.05) is 6.92 Å². The maximum absolute atomic E-state index is 11.1. The lowest BCUT2D eigenvalue weighted by atomic mass is 9.98. The minimum absolute atomic E-state index is 0.0701. The van der Waals surface area contributed by atoms with Gasteiger partial charge >= 0.3 is 5.97 Å². The fourth-order valence-electron chi connectivity index (χ4n) is 1.93. The van der Waals surface area contributed by atoms with Crippen molar-refractivity contribution in [1.82, 2.24) is 4.90 Å². The van der Waals surface area contributed by atoms with Crippen molar-refractivity contribution in [3.05, 3.63) is 0 Å². The first-order valence-corrected chi connectivity index (χ1v) is 5.22. The van der Waals surface area contributed by atoms with Crippen LogP contribution in [-0.2, 0) is 14.3 Å². The van der Waals surface area contributed by atoms with E-state index in [4.69, 9.17) is 9.84 Å². The summed E-state index contributed by atoms with van der Waals surface area (Å²) in [6.45, 7) is 3.43. The molecule has 1 rings (SSSR count). The Bertz CT molecular complexity index is 225. The zero-order chi connectivity index (χ0) is 11.3. The molecule has 0 spiro atoms. The molecule has 1 heterocycles. The minimum atomic E-state index is -0.939. The lowest BCUT2D eigenvalue weighted by Gasteiger charge is -2.28. The van der Waals surface area contributed by atoms with E-state index in [1.54, 1.807) is 0 Å². The number of carbonyl (C=O) groups excluding carboxylic acids is 1. The molecule has 1 amide bonds. The van der Waals surface area contributed by atoms with Crippen molar-refractivity contribution in [3.63, 3.8) is 0 Å². The molecule has 0 aliphatic carbocycles. The van der Waals surface area contributed by atoms with Gasteiger partial charge in [0.1, 0.15) is 6.04 Å². The monoisotopic (exact) mass is 215 g/mol. The molecule has 86 valence electrons. The SMILES string of the molecule is CCCN(C=O)C(C(=O)O)C1CCOC1. The molecule has 0 saturated carbocycles. The van der Waals surface area contributed by atoms with Gasteiger partial charge in [0.15, 0.2) is 0 Å². The van der Waals surface area contributed by atoms with Crippen molar-refractivity contribution in [2.24, 2.45) is 5.92 Å². The Morgan fingerprint density at radius 1 is 1.73 bits per heavy atom. The van der Waals surface area contributed by atoms with Gasteiger partial charge in [-0.15, -0.1) is 0 Å². The number of carboxylic acids is 1. The normalized spacial score (nSPS) is 22.3. The Labute approximate surface area is 89.0 Å². The summed E-state index contributed by atoms with van der Waals surface area (Å²) in [5, 5.41) is 9.11. The highest BCUT2D eigenvalue weighted by Gasteiger charge is 2.35. The first kappa shape index (κ1) is 12.0. The molecule has 0 aromatic carbocycles. The van der Waals surface area contributed by atoms with Crippen molar-refractivity contribution in [2.45, 2.75) is 25.8 Å². The summed E-state index contributed by atoms with van der Waals surface area (Å²) >= 11 is 0. The van der Waals surface area contributed by atoms with Crippen LogP contribution in [0.5, 0.6) is 0 Å². The van der Waals surface area contributed by atoms with Crippen LogP contribution in [0, 0.1) is 5.92 Å². The maximum Gasteiger partial charge on any atom is 0.326 e. The highest BCUT2D eigenvalue weighted by Crippen LogP contribution is 2.21. The van der Waals surface area contributed by atoms with E-state index in [0.29, 0.717) is 32.6 Å². The number of aliphatic carboxylic acids is 1. The lowest BCUT2D eigenvalue weighted by molar-refractivity contribution is -0.148. The van der Waals surface area contributed by atoms with Crippen LogP contribution in [0.2, 0.25) is 0 Å². The van der Waals surface area contributed by atoms with Gasteiger partial charge in [0.05, 0.1) is 6.61 Å². The molecule has 5 heteroatoms. The smallest absolute Gasteiger partial charge is 0.326 e. The number of hydrogen-bond acceptors (Lipinski definition) is 3. The van der Waals surface area contributed by atoms with Crippen LogP contribution in [0.3, 0.4) is 0 Å². The van der Waals surface area contributed by atoms with Gasteiger partial charge in [-0.05, 0) is 12.8 Å². The summed E-state index contributed by atoms with van der Waals surface area (Å²) in [6.07, 6.45) is 2.10. The number of ether oxygens (including phenoxy) is 1. The predicted molar refractivity (Wildman–Crippen MR) is 53.4 cm³/mol. The van der Waals surface area contributed by atoms with E-state index in [-0.39, 0.29) is 5.92 Å². The Balaban J connectivity index is 2.69. The van der Waals surface area contributed by atoms with Gasteiger partial charge < -0.3 is 14.7 Å². The number of carbonyl (C=O) groups is 2. The number of nitrogens with zero attached hydrogens (tertiary/aromatic N) is 1. The van der Waals surface area contributed by atoms with Gasteiger partial charge in [-0.1, -0.05) is 6.92 Å². The summed E-state index contributed by atoms with van der Waals surface area (Å²) in [4.78, 5) is 23.3. The number of carboxylic acid groups (broad SMARTS) is 1. The average Bonchev–Trinajstić information content (AvgIpc) is 2.69. The topological polar surface area (TPSA) is 66.8 Å². The largest absolute Gasteiger partial charge is 0.480 e. The third-order valence-electron chi connectivity index (χ3n) is 2.64. The average molecular weight is 215 g/mol. The van der Waals surface area contributed by atoms with E-state index in [2.05, 4.69) is 0 Å². The van der Waals surface area contributed by atoms with E-state index >= 15 is 0 Å². The van der Waals surface area contributed by atoms with Gasteiger partial charge in [-0.2, -0.15) is 0 Å². The fourth-order valence-corrected chi connectivity index (χ4v) is 1.93. The highest BCUT2D eigenvalue weighted by molar-refractivity contribution is 5.76. The van der Waals surface area contributed by atoms with Crippen LogP contribution in [0.4, 0.5) is 0 Å². The molecular formula is C10H17NO4. The van der Waals surface area contributed by atoms with Crippen LogP contribution >= 0.6 is 0 Å². The third kappa shape index (κ3) is 2.92. The Kier molecular flexibility index (Phi) is 4.55. The van der Waals surface area contributed by atoms with E-state index < -0.39 is 12.0 Å². The van der Waals surface area contributed by atoms with Gasteiger partial charge in [-0.25, -0.2) is 4.79 Å². The molecule has 1 aliphatic heterocycles. The summed E-state index contributed by atoms with van der Waals surface area (Å²) in [6, 6.07) is -0.732. The Hall–Kier alpha value is -1.10. The first-order chi connectivity index (χ1) is 7.20. The molecule has 2 atom stereocenters. The molecule has 0 aromatic heterocycles. The summed E-state index contributed by atoms with van der Waals surface area (Å²) in [5.74, 6) is -1.01. The number of amides is 1. The molecule has 0 radical (unpaired) electrons. The van der Waals surface area contributed by atoms with Crippen LogP contribution in [0.25, 0.3) is 0 Å². The zero-order valence-corrected chi connectivity index (χ0v) is 8.89. The second-order valence-corrected chi connectivity index (χ2v) is 3.75. The fraction of sp³-hybridized carbons (Fsp3) is 0.800. The van der Waals surface area contributed by atoms with Crippen LogP contribution in [-0.4, -0.2) is 48.2 Å². The number of rotatable bonds is 6. The molecular weight excluding hydrogens is 198 g/mol. The van der Waals surface area contributed by atoms with Crippen molar-refractivity contribution in [3.8, 4) is 0 Å². The van der Waals surface area contributed by atoms with Crippen molar-refractivity contribution in [1.29, 1.82) is 0 Å². The predicted octanol–water partition coefficient (Wildman–Crippen LogP) is 0.344. The molecule has 1 saturated heterocycles. The van der Waals surface area contributed by atoms with Crippen LogP contribution < -0.4 is 0 Å². The quantitative estimate of drug-likeness (QED) is 0.649. The molecule has 0 bridgehead atoms. The maximum atomic E-state index is 11.1. The van der Waals surface area contributed by atoms with Gasteiger partial charge in [-0.3, -0.25) is 4.79 Å². The molecule has 1 N–H and O–H groups in total. The van der Waals surface area contributed by atoms with E-state index in [0.717, 1.165) is 6.42 Å². The molecule has 1 fully saturated rings. The third-order valence-corrected chi connectivity index (χ3v) is 2.64. The summed E-state index contributed by atoms with van der Waals surface area (Å²) < 4.78 is 5.16. The van der Waals surface area contributed by atoms with Crippen LogP contribution in [0.1, 0.15) is 19.8 Å². The minimum Gasteiger partial charge on any atom is -0.480 e. The van der Waals surface area contributed by atoms with Gasteiger partial charge in [0, 0.05) is 19.1 Å². The Morgan fingerprint density at radius 2 is 2.47 bits per heavy atom. The Morgan fingerprint density at radius 3 is 2.87 bits per heavy atom. The zero-order valence-electron chi connectivity index (χ0n) is 8.89. The molecule has 15 heavy (non-hydrogen) atoms. The van der Waals surface area contributed by atoms with E-state index in [1.165, 1.54) is 4.90 Å². The second-order valence-electron chi connectivity index (χ2n) is 3.75. The van der Waals surface area contributed by atoms with Crippen molar-refractivity contribution >= 4 is 12.4 Å². The number of hydrogen-bond donors (Lipinski definition) is 1. The molecule has 1 aliphatic rings. The van der Waals surface area contributed by atoms with Gasteiger partial charge in [0.2, 0.25) is 6.41 Å². The second kappa shape index (κ2) is 5.70. The van der Waals surface area contributed by atoms with Gasteiger partial charge in [0.25, 0.3) is 0 Å². The lowest BCUT2D eigenvalue weighted by Crippen LogP contribution is -2.46.